The van der Waals surface area contributed by atoms with Crippen molar-refractivity contribution >= 4 is 46.2 Å². The van der Waals surface area contributed by atoms with Crippen molar-refractivity contribution in [1.82, 2.24) is 4.98 Å². The molecule has 9 heteroatoms. The van der Waals surface area contributed by atoms with Crippen molar-refractivity contribution in [3.05, 3.63) is 69.3 Å². The van der Waals surface area contributed by atoms with Crippen LogP contribution in [0.25, 0.3) is 10.9 Å². The van der Waals surface area contributed by atoms with Crippen molar-refractivity contribution in [2.45, 2.75) is 43.0 Å². The monoisotopic (exact) mass is 515 g/mol. The van der Waals surface area contributed by atoms with Crippen LogP contribution in [0, 0.1) is 0 Å². The van der Waals surface area contributed by atoms with E-state index < -0.39 is 18.8 Å². The number of pyridine rings is 1. The molecule has 2 aromatic carbocycles. The van der Waals surface area contributed by atoms with Gasteiger partial charge in [0, 0.05) is 32.3 Å². The van der Waals surface area contributed by atoms with E-state index in [-0.39, 0.29) is 4.47 Å². The van der Waals surface area contributed by atoms with Crippen molar-refractivity contribution in [3.63, 3.8) is 0 Å². The van der Waals surface area contributed by atoms with Gasteiger partial charge in [0.1, 0.15) is 0 Å². The number of rotatable bonds is 7. The lowest BCUT2D eigenvalue weighted by Crippen LogP contribution is -2.17. The summed E-state index contributed by atoms with van der Waals surface area (Å²) in [6, 6.07) is 11.0. The van der Waals surface area contributed by atoms with Crippen molar-refractivity contribution in [2.75, 3.05) is 0 Å². The minimum Gasteiger partial charge on any atom is -0.320 e. The van der Waals surface area contributed by atoms with Crippen LogP contribution < -0.4 is 0 Å². The average Bonchev–Trinajstić information content (AvgIpc) is 2.71. The van der Waals surface area contributed by atoms with Crippen LogP contribution in [0.5, 0.6) is 0 Å². The number of aryl methyl sites for hydroxylation is 1. The second kappa shape index (κ2) is 9.05. The van der Waals surface area contributed by atoms with E-state index in [9.17, 15) is 23.1 Å². The quantitative estimate of drug-likeness (QED) is 0.272. The average molecular weight is 516 g/mol. The first-order valence-corrected chi connectivity index (χ1v) is 12.7. The van der Waals surface area contributed by atoms with Crippen LogP contribution in [0.2, 0.25) is 0 Å². The Morgan fingerprint density at radius 1 is 1.13 bits per heavy atom. The summed E-state index contributed by atoms with van der Waals surface area (Å²) >= 11 is 4.75. The molecule has 4 nitrogen and oxygen atoms in total. The van der Waals surface area contributed by atoms with Gasteiger partial charge in [-0.2, -0.15) is 8.78 Å². The third kappa shape index (κ3) is 4.48. The van der Waals surface area contributed by atoms with E-state index in [4.69, 9.17) is 0 Å². The summed E-state index contributed by atoms with van der Waals surface area (Å²) in [7, 11) is -5.66. The molecule has 2 N–H and O–H groups in total. The number of halogens is 3. The van der Waals surface area contributed by atoms with Gasteiger partial charge >= 0.3 is 13.3 Å². The molecule has 0 unspecified atom stereocenters. The van der Waals surface area contributed by atoms with E-state index in [0.717, 1.165) is 21.4 Å². The van der Waals surface area contributed by atoms with Gasteiger partial charge in [-0.15, -0.1) is 11.8 Å². The Morgan fingerprint density at radius 2 is 1.83 bits per heavy atom. The van der Waals surface area contributed by atoms with Crippen LogP contribution in [0.15, 0.2) is 52.0 Å². The molecule has 0 atom stereocenters. The molecule has 0 fully saturated rings. The molecule has 0 radical (unpaired) electrons. The highest BCUT2D eigenvalue weighted by molar-refractivity contribution is 9.10. The van der Waals surface area contributed by atoms with Gasteiger partial charge < -0.3 is 9.79 Å². The predicted octanol–water partition coefficient (Wildman–Crippen LogP) is 6.64. The third-order valence-electron chi connectivity index (χ3n) is 4.94. The summed E-state index contributed by atoms with van der Waals surface area (Å²) < 4.78 is 40.4. The summed E-state index contributed by atoms with van der Waals surface area (Å²) in [5.41, 5.74) is -1.83. The Hall–Kier alpha value is -1.31. The molecule has 0 spiro atoms. The van der Waals surface area contributed by atoms with Gasteiger partial charge in [-0.3, -0.25) is 9.55 Å². The topological polar surface area (TPSA) is 70.4 Å². The molecular weight excluding hydrogens is 495 g/mol. The van der Waals surface area contributed by atoms with E-state index in [1.807, 2.05) is 44.2 Å². The van der Waals surface area contributed by atoms with E-state index in [1.165, 1.54) is 6.07 Å². The summed E-state index contributed by atoms with van der Waals surface area (Å²) in [4.78, 5) is 23.8. The smallest absolute Gasteiger partial charge is 0.320 e. The molecule has 0 aliphatic rings. The Kier molecular flexibility index (Phi) is 7.04. The highest BCUT2D eigenvalue weighted by Crippen LogP contribution is 2.61. The number of para-hydroxylation sites is 1. The SMILES string of the molecule is CCc1cc(C(F)(F)P(=O)(O)O)c(Br)c(CC)c1CSc1cnc2ccccc2c1. The van der Waals surface area contributed by atoms with Gasteiger partial charge in [0.15, 0.2) is 0 Å². The van der Waals surface area contributed by atoms with Crippen molar-refractivity contribution < 1.29 is 23.1 Å². The Balaban J connectivity index is 2.01. The molecule has 0 saturated carbocycles. The zero-order valence-electron chi connectivity index (χ0n) is 16.4. The van der Waals surface area contributed by atoms with Crippen LogP contribution >= 0.6 is 35.3 Å². The maximum absolute atomic E-state index is 14.5. The van der Waals surface area contributed by atoms with Gasteiger partial charge in [0.25, 0.3) is 0 Å². The number of nitrogens with zero attached hydrogens (tertiary/aromatic N) is 1. The Bertz CT molecular complexity index is 1140. The van der Waals surface area contributed by atoms with Crippen LogP contribution in [-0.4, -0.2) is 14.8 Å². The lowest BCUT2D eigenvalue weighted by Gasteiger charge is -2.24. The number of aromatic nitrogens is 1. The van der Waals surface area contributed by atoms with E-state index in [2.05, 4.69) is 20.9 Å². The molecule has 3 rings (SSSR count). The summed E-state index contributed by atoms with van der Waals surface area (Å²) in [5, 5.41) is 1.02. The van der Waals surface area contributed by atoms with Gasteiger partial charge in [-0.25, -0.2) is 0 Å². The first-order valence-electron chi connectivity index (χ1n) is 9.34. The Labute approximate surface area is 186 Å². The fourth-order valence-electron chi connectivity index (χ4n) is 3.34. The molecule has 0 aliphatic carbocycles. The standard InChI is InChI=1S/C21H21BrF2NO3PS/c1-3-13-10-18(21(23,24)29(26,27)28)20(22)16(4-2)17(13)12-30-15-9-14-7-5-6-8-19(14)25-11-15/h5-11H,3-4,12H2,1-2H3,(H2,26,27,28). The highest BCUT2D eigenvalue weighted by Gasteiger charge is 2.52. The fourth-order valence-corrected chi connectivity index (χ4v) is 5.87. The van der Waals surface area contributed by atoms with E-state index in [0.29, 0.717) is 29.7 Å². The van der Waals surface area contributed by atoms with E-state index in [1.54, 1.807) is 18.0 Å². The zero-order chi connectivity index (χ0) is 22.1. The fraction of sp³-hybridized carbons (Fsp3) is 0.286. The molecule has 0 saturated heterocycles. The number of benzene rings is 2. The summed E-state index contributed by atoms with van der Waals surface area (Å²) in [6.45, 7) is 3.68. The van der Waals surface area contributed by atoms with Crippen LogP contribution in [0.4, 0.5) is 8.78 Å². The second-order valence-corrected chi connectivity index (χ2v) is 10.3. The molecule has 160 valence electrons. The van der Waals surface area contributed by atoms with E-state index >= 15 is 0 Å². The predicted molar refractivity (Wildman–Crippen MR) is 120 cm³/mol. The van der Waals surface area contributed by atoms with Gasteiger partial charge in [0.05, 0.1) is 5.52 Å². The van der Waals surface area contributed by atoms with Crippen molar-refractivity contribution in [1.29, 1.82) is 0 Å². The van der Waals surface area contributed by atoms with Crippen LogP contribution in [0.1, 0.15) is 36.1 Å². The number of thioether (sulfide) groups is 1. The lowest BCUT2D eigenvalue weighted by molar-refractivity contribution is 0.0555. The van der Waals surface area contributed by atoms with Gasteiger partial charge in [0.2, 0.25) is 0 Å². The minimum atomic E-state index is -5.66. The number of hydrogen-bond acceptors (Lipinski definition) is 3. The largest absolute Gasteiger partial charge is 0.399 e. The molecule has 0 aliphatic heterocycles. The maximum atomic E-state index is 14.5. The van der Waals surface area contributed by atoms with Gasteiger partial charge in [-0.1, -0.05) is 32.0 Å². The highest BCUT2D eigenvalue weighted by atomic mass is 79.9. The number of fused-ring (bicyclic) bond motifs is 1. The van der Waals surface area contributed by atoms with Gasteiger partial charge in [-0.05, 0) is 63.7 Å². The lowest BCUT2D eigenvalue weighted by atomic mass is 9.95. The third-order valence-corrected chi connectivity index (χ3v) is 7.81. The first kappa shape index (κ1) is 23.4. The molecular formula is C21H21BrF2NO3PS. The number of hydrogen-bond donors (Lipinski definition) is 2. The van der Waals surface area contributed by atoms with Crippen LogP contribution in [-0.2, 0) is 28.8 Å². The van der Waals surface area contributed by atoms with Crippen molar-refractivity contribution in [2.24, 2.45) is 0 Å². The second-order valence-electron chi connectivity index (χ2n) is 6.80. The van der Waals surface area contributed by atoms with Crippen LogP contribution in [0.3, 0.4) is 0 Å². The van der Waals surface area contributed by atoms with Crippen molar-refractivity contribution in [3.8, 4) is 0 Å². The summed E-state index contributed by atoms with van der Waals surface area (Å²) in [6.07, 6.45) is 2.70. The molecule has 3 aromatic rings. The molecule has 0 amide bonds. The zero-order valence-corrected chi connectivity index (χ0v) is 19.7. The molecule has 0 bridgehead atoms. The minimum absolute atomic E-state index is 0.0581. The summed E-state index contributed by atoms with van der Waals surface area (Å²) in [5.74, 6) is 0.534. The molecule has 1 heterocycles. The molecule has 30 heavy (non-hydrogen) atoms. The first-order chi connectivity index (χ1) is 14.1. The normalized spacial score (nSPS) is 12.5. The number of alkyl halides is 2. The molecule has 1 aromatic heterocycles. The Morgan fingerprint density at radius 3 is 2.47 bits per heavy atom. The maximum Gasteiger partial charge on any atom is 0.399 e.